The molecule has 24 heavy (non-hydrogen) atoms. The average Bonchev–Trinajstić information content (AvgIpc) is 3.28. The summed E-state index contributed by atoms with van der Waals surface area (Å²) in [5.41, 5.74) is 0.132. The third-order valence-corrected chi connectivity index (χ3v) is 5.87. The highest BCUT2D eigenvalue weighted by atomic mass is 16.3. The third-order valence-electron chi connectivity index (χ3n) is 5.87. The van der Waals surface area contributed by atoms with Gasteiger partial charge in [-0.1, -0.05) is 26.0 Å². The zero-order valence-electron chi connectivity index (χ0n) is 15.8. The predicted molar refractivity (Wildman–Crippen MR) is 101 cm³/mol. The number of likely N-dealkylation sites (tertiary alicyclic amines) is 1. The molecule has 0 aromatic rings. The molecule has 0 aromatic carbocycles. The number of aliphatic hydroxyl groups is 1. The molecule has 0 aliphatic carbocycles. The molecule has 0 bridgehead atoms. The highest BCUT2D eigenvalue weighted by molar-refractivity contribution is 5.80. The molecule has 0 spiro atoms. The summed E-state index contributed by atoms with van der Waals surface area (Å²) in [6, 6.07) is 0.642. The molecule has 5 nitrogen and oxygen atoms in total. The van der Waals surface area contributed by atoms with Crippen LogP contribution in [0.1, 0.15) is 46.5 Å². The Balaban J connectivity index is 2.00. The van der Waals surface area contributed by atoms with Gasteiger partial charge in [0.05, 0.1) is 0 Å². The largest absolute Gasteiger partial charge is 0.396 e. The first-order valence-electron chi connectivity index (χ1n) is 9.71. The molecule has 0 radical (unpaired) electrons. The highest BCUT2D eigenvalue weighted by Gasteiger charge is 2.30. The SMILES string of the molecule is CCNC(=NCC(CC)(CC)CCO)N1CCC(N2CC=CC2)C1. The van der Waals surface area contributed by atoms with E-state index in [0.717, 1.165) is 64.5 Å². The number of nitrogens with one attached hydrogen (secondary N) is 1. The van der Waals surface area contributed by atoms with Crippen molar-refractivity contribution < 1.29 is 5.11 Å². The molecule has 2 aliphatic rings. The van der Waals surface area contributed by atoms with Gasteiger partial charge >= 0.3 is 0 Å². The Morgan fingerprint density at radius 3 is 2.54 bits per heavy atom. The number of rotatable bonds is 8. The Morgan fingerprint density at radius 1 is 1.25 bits per heavy atom. The number of aliphatic imine (C=N–C) groups is 1. The fraction of sp³-hybridized carbons (Fsp3) is 0.842. The van der Waals surface area contributed by atoms with Gasteiger partial charge in [0.2, 0.25) is 0 Å². The van der Waals surface area contributed by atoms with Crippen LogP contribution in [0.3, 0.4) is 0 Å². The fourth-order valence-corrected chi connectivity index (χ4v) is 3.84. The summed E-state index contributed by atoms with van der Waals surface area (Å²) in [4.78, 5) is 9.95. The number of guanidine groups is 1. The second-order valence-corrected chi connectivity index (χ2v) is 7.16. The van der Waals surface area contributed by atoms with Crippen molar-refractivity contribution in [2.45, 2.75) is 52.5 Å². The first-order chi connectivity index (χ1) is 11.7. The normalized spacial score (nSPS) is 22.6. The van der Waals surface area contributed by atoms with E-state index in [2.05, 4.69) is 48.0 Å². The van der Waals surface area contributed by atoms with E-state index in [1.165, 1.54) is 6.42 Å². The highest BCUT2D eigenvalue weighted by Crippen LogP contribution is 2.31. The van der Waals surface area contributed by atoms with Crippen molar-refractivity contribution in [3.05, 3.63) is 12.2 Å². The van der Waals surface area contributed by atoms with Gasteiger partial charge in [-0.3, -0.25) is 9.89 Å². The molecular formula is C19H36N4O. The van der Waals surface area contributed by atoms with Crippen LogP contribution in [-0.2, 0) is 0 Å². The Hall–Kier alpha value is -1.07. The van der Waals surface area contributed by atoms with Crippen molar-refractivity contribution in [3.63, 3.8) is 0 Å². The zero-order valence-corrected chi connectivity index (χ0v) is 15.8. The summed E-state index contributed by atoms with van der Waals surface area (Å²) in [6.45, 7) is 12.9. The van der Waals surface area contributed by atoms with Crippen molar-refractivity contribution >= 4 is 5.96 Å². The van der Waals surface area contributed by atoms with E-state index in [1.807, 2.05) is 0 Å². The number of nitrogens with zero attached hydrogens (tertiary/aromatic N) is 3. The summed E-state index contributed by atoms with van der Waals surface area (Å²) < 4.78 is 0. The van der Waals surface area contributed by atoms with Crippen molar-refractivity contribution in [1.29, 1.82) is 0 Å². The Labute approximate surface area is 147 Å². The monoisotopic (exact) mass is 336 g/mol. The summed E-state index contributed by atoms with van der Waals surface area (Å²) in [5, 5.41) is 12.9. The zero-order chi connectivity index (χ0) is 17.4. The number of hydrogen-bond acceptors (Lipinski definition) is 3. The topological polar surface area (TPSA) is 51.1 Å². The van der Waals surface area contributed by atoms with Gasteiger partial charge in [0, 0.05) is 51.9 Å². The lowest BCUT2D eigenvalue weighted by atomic mass is 9.79. The van der Waals surface area contributed by atoms with Crippen molar-refractivity contribution in [2.24, 2.45) is 10.4 Å². The lowest BCUT2D eigenvalue weighted by Crippen LogP contribution is -2.43. The molecule has 138 valence electrons. The molecule has 0 saturated carbocycles. The maximum Gasteiger partial charge on any atom is 0.193 e. The lowest BCUT2D eigenvalue weighted by Gasteiger charge is -2.31. The van der Waals surface area contributed by atoms with Gasteiger partial charge in [0.15, 0.2) is 5.96 Å². The van der Waals surface area contributed by atoms with E-state index in [0.29, 0.717) is 6.04 Å². The van der Waals surface area contributed by atoms with E-state index < -0.39 is 0 Å². The van der Waals surface area contributed by atoms with Crippen LogP contribution in [0.2, 0.25) is 0 Å². The van der Waals surface area contributed by atoms with Gasteiger partial charge in [0.1, 0.15) is 0 Å². The van der Waals surface area contributed by atoms with Crippen LogP contribution in [0, 0.1) is 5.41 Å². The third kappa shape index (κ3) is 4.73. The quantitative estimate of drug-likeness (QED) is 0.405. The smallest absolute Gasteiger partial charge is 0.193 e. The fourth-order valence-electron chi connectivity index (χ4n) is 3.84. The average molecular weight is 337 g/mol. The molecular weight excluding hydrogens is 300 g/mol. The first kappa shape index (κ1) is 19.3. The Bertz CT molecular complexity index is 423. The summed E-state index contributed by atoms with van der Waals surface area (Å²) in [7, 11) is 0. The molecule has 1 atom stereocenters. The Kier molecular flexibility index (Phi) is 7.56. The minimum absolute atomic E-state index is 0.132. The van der Waals surface area contributed by atoms with Crippen LogP contribution in [0.25, 0.3) is 0 Å². The summed E-state index contributed by atoms with van der Waals surface area (Å²) in [6.07, 6.45) is 8.73. The summed E-state index contributed by atoms with van der Waals surface area (Å²) in [5.74, 6) is 1.05. The van der Waals surface area contributed by atoms with Gasteiger partial charge in [0.25, 0.3) is 0 Å². The molecule has 1 fully saturated rings. The van der Waals surface area contributed by atoms with Crippen molar-refractivity contribution in [2.75, 3.05) is 45.9 Å². The van der Waals surface area contributed by atoms with E-state index >= 15 is 0 Å². The molecule has 0 amide bonds. The molecule has 2 rings (SSSR count). The van der Waals surface area contributed by atoms with Gasteiger partial charge in [-0.25, -0.2) is 0 Å². The maximum atomic E-state index is 9.41. The number of aliphatic hydroxyl groups excluding tert-OH is 1. The number of hydrogen-bond donors (Lipinski definition) is 2. The van der Waals surface area contributed by atoms with Crippen LogP contribution in [0.4, 0.5) is 0 Å². The second kappa shape index (κ2) is 9.42. The second-order valence-electron chi connectivity index (χ2n) is 7.16. The molecule has 1 unspecified atom stereocenters. The van der Waals surface area contributed by atoms with E-state index in [4.69, 9.17) is 4.99 Å². The molecule has 0 aromatic heterocycles. The van der Waals surface area contributed by atoms with Crippen LogP contribution < -0.4 is 5.32 Å². The Morgan fingerprint density at radius 2 is 1.96 bits per heavy atom. The minimum atomic E-state index is 0.132. The van der Waals surface area contributed by atoms with E-state index in [-0.39, 0.29) is 12.0 Å². The van der Waals surface area contributed by atoms with Crippen LogP contribution >= 0.6 is 0 Å². The molecule has 2 heterocycles. The predicted octanol–water partition coefficient (Wildman–Crippen LogP) is 2.09. The molecule has 2 N–H and O–H groups in total. The van der Waals surface area contributed by atoms with Gasteiger partial charge < -0.3 is 15.3 Å². The summed E-state index contributed by atoms with van der Waals surface area (Å²) >= 11 is 0. The lowest BCUT2D eigenvalue weighted by molar-refractivity contribution is 0.175. The van der Waals surface area contributed by atoms with Gasteiger partial charge in [-0.15, -0.1) is 0 Å². The van der Waals surface area contributed by atoms with Gasteiger partial charge in [-0.2, -0.15) is 0 Å². The van der Waals surface area contributed by atoms with Crippen LogP contribution in [-0.4, -0.2) is 72.8 Å². The van der Waals surface area contributed by atoms with E-state index in [1.54, 1.807) is 0 Å². The van der Waals surface area contributed by atoms with Gasteiger partial charge in [-0.05, 0) is 38.0 Å². The van der Waals surface area contributed by atoms with Crippen LogP contribution in [0.5, 0.6) is 0 Å². The van der Waals surface area contributed by atoms with Crippen LogP contribution in [0.15, 0.2) is 17.1 Å². The minimum Gasteiger partial charge on any atom is -0.396 e. The van der Waals surface area contributed by atoms with Crippen molar-refractivity contribution in [3.8, 4) is 0 Å². The first-order valence-corrected chi connectivity index (χ1v) is 9.71. The molecule has 5 heteroatoms. The maximum absolute atomic E-state index is 9.41. The van der Waals surface area contributed by atoms with E-state index in [9.17, 15) is 5.11 Å². The van der Waals surface area contributed by atoms with Crippen molar-refractivity contribution in [1.82, 2.24) is 15.1 Å². The molecule has 2 aliphatic heterocycles. The molecule has 1 saturated heterocycles. The standard InChI is InChI=1S/C19H36N4O/c1-4-19(5-2,10-14-24)16-21-18(20-6-3)23-13-9-17(15-23)22-11-7-8-12-22/h7-8,17,24H,4-6,9-16H2,1-3H3,(H,20,21).